The van der Waals surface area contributed by atoms with Crippen LogP contribution in [0.1, 0.15) is 13.3 Å². The monoisotopic (exact) mass is 250 g/mol. The Labute approximate surface area is 104 Å². The highest BCUT2D eigenvalue weighted by Gasteiger charge is 1.92. The van der Waals surface area contributed by atoms with Crippen LogP contribution in [0.3, 0.4) is 0 Å². The van der Waals surface area contributed by atoms with Crippen LogP contribution in [0.15, 0.2) is 0 Å². The minimum Gasteiger partial charge on any atom is -0.385 e. The Hall–Kier alpha value is -0.200. The molecule has 0 aromatic carbocycles. The minimum atomic E-state index is 0.605. The van der Waals surface area contributed by atoms with E-state index < -0.39 is 0 Å². The zero-order valence-corrected chi connectivity index (χ0v) is 11.1. The average Bonchev–Trinajstić information content (AvgIpc) is 2.35. The van der Waals surface area contributed by atoms with Gasteiger partial charge in [-0.05, 0) is 13.3 Å². The summed E-state index contributed by atoms with van der Waals surface area (Å²) in [4.78, 5) is 0. The summed E-state index contributed by atoms with van der Waals surface area (Å²) in [6.07, 6.45) is 0.928. The summed E-state index contributed by atoms with van der Waals surface area (Å²) in [7, 11) is 1.69. The van der Waals surface area contributed by atoms with Gasteiger partial charge >= 0.3 is 0 Å². The summed E-state index contributed by atoms with van der Waals surface area (Å²) >= 11 is 0. The summed E-state index contributed by atoms with van der Waals surface area (Å²) < 4.78 is 26.0. The highest BCUT2D eigenvalue weighted by Crippen LogP contribution is 1.85. The molecule has 0 fully saturated rings. The Morgan fingerprint density at radius 3 is 1.53 bits per heavy atom. The summed E-state index contributed by atoms with van der Waals surface area (Å²) in [6.45, 7) is 7.91. The van der Waals surface area contributed by atoms with E-state index in [4.69, 9.17) is 23.7 Å². The highest BCUT2D eigenvalue weighted by atomic mass is 16.6. The van der Waals surface area contributed by atoms with Crippen LogP contribution < -0.4 is 0 Å². The molecule has 0 aliphatic rings. The molecule has 0 aliphatic heterocycles. The first-order valence-corrected chi connectivity index (χ1v) is 6.21. The lowest BCUT2D eigenvalue weighted by molar-refractivity contribution is -0.00222. The molecule has 0 amide bonds. The summed E-state index contributed by atoms with van der Waals surface area (Å²) in [5, 5.41) is 0. The lowest BCUT2D eigenvalue weighted by atomic mass is 10.5. The zero-order chi connectivity index (χ0) is 12.6. The van der Waals surface area contributed by atoms with Gasteiger partial charge in [0, 0.05) is 26.9 Å². The minimum absolute atomic E-state index is 0.605. The number of ether oxygens (including phenoxy) is 5. The molecule has 0 heterocycles. The molecule has 0 saturated carbocycles. The van der Waals surface area contributed by atoms with Crippen molar-refractivity contribution in [1.29, 1.82) is 0 Å². The smallest absolute Gasteiger partial charge is 0.0701 e. The van der Waals surface area contributed by atoms with Crippen LogP contribution in [0.25, 0.3) is 0 Å². The second-order valence-electron chi connectivity index (χ2n) is 3.38. The maximum atomic E-state index is 5.33. The van der Waals surface area contributed by atoms with E-state index >= 15 is 0 Å². The molecule has 0 N–H and O–H groups in total. The molecule has 0 aromatic rings. The van der Waals surface area contributed by atoms with Crippen molar-refractivity contribution < 1.29 is 23.7 Å². The lowest BCUT2D eigenvalue weighted by Crippen LogP contribution is -2.12. The maximum absolute atomic E-state index is 5.33. The van der Waals surface area contributed by atoms with Gasteiger partial charge in [0.1, 0.15) is 0 Å². The van der Waals surface area contributed by atoms with Crippen LogP contribution >= 0.6 is 0 Å². The van der Waals surface area contributed by atoms with Crippen molar-refractivity contribution >= 4 is 0 Å². The number of methoxy groups -OCH3 is 1. The second kappa shape index (κ2) is 15.8. The topological polar surface area (TPSA) is 46.2 Å². The van der Waals surface area contributed by atoms with E-state index in [0.29, 0.717) is 39.6 Å². The van der Waals surface area contributed by atoms with Gasteiger partial charge in [0.25, 0.3) is 0 Å². The fourth-order valence-corrected chi connectivity index (χ4v) is 1.11. The first kappa shape index (κ1) is 16.8. The summed E-state index contributed by atoms with van der Waals surface area (Å²) in [5.41, 5.74) is 0. The third-order valence-corrected chi connectivity index (χ3v) is 1.96. The molecule has 5 heteroatoms. The van der Waals surface area contributed by atoms with Crippen molar-refractivity contribution in [2.45, 2.75) is 13.3 Å². The van der Waals surface area contributed by atoms with Crippen LogP contribution in [-0.2, 0) is 23.7 Å². The Balaban J connectivity index is 2.85. The Bertz CT molecular complexity index is 118. The van der Waals surface area contributed by atoms with E-state index in [-0.39, 0.29) is 0 Å². The van der Waals surface area contributed by atoms with Gasteiger partial charge in [0.15, 0.2) is 0 Å². The van der Waals surface area contributed by atoms with Gasteiger partial charge < -0.3 is 23.7 Å². The third kappa shape index (κ3) is 15.8. The molecule has 0 aliphatic carbocycles. The Kier molecular flexibility index (Phi) is 15.6. The molecular weight excluding hydrogens is 224 g/mol. The molecule has 0 rings (SSSR count). The maximum Gasteiger partial charge on any atom is 0.0701 e. The molecular formula is C12H26O5. The van der Waals surface area contributed by atoms with Crippen LogP contribution in [0.5, 0.6) is 0 Å². The first-order valence-electron chi connectivity index (χ1n) is 6.21. The van der Waals surface area contributed by atoms with Crippen molar-refractivity contribution in [1.82, 2.24) is 0 Å². The third-order valence-electron chi connectivity index (χ3n) is 1.96. The van der Waals surface area contributed by atoms with E-state index in [0.717, 1.165) is 26.2 Å². The molecule has 0 atom stereocenters. The fourth-order valence-electron chi connectivity index (χ4n) is 1.11. The molecule has 104 valence electrons. The van der Waals surface area contributed by atoms with Crippen LogP contribution in [0.4, 0.5) is 0 Å². The predicted octanol–water partition coefficient (Wildman–Crippen LogP) is 1.11. The first-order chi connectivity index (χ1) is 8.41. The standard InChI is InChI=1S/C12H26O5/c1-3-14-7-8-16-11-12-17-10-9-15-6-4-5-13-2/h3-12H2,1-2H3. The molecule has 0 bridgehead atoms. The van der Waals surface area contributed by atoms with Gasteiger partial charge in [0.2, 0.25) is 0 Å². The summed E-state index contributed by atoms with van der Waals surface area (Å²) in [6, 6.07) is 0. The molecule has 0 unspecified atom stereocenters. The van der Waals surface area contributed by atoms with E-state index in [9.17, 15) is 0 Å². The zero-order valence-electron chi connectivity index (χ0n) is 11.1. The number of rotatable bonds is 14. The van der Waals surface area contributed by atoms with E-state index in [1.165, 1.54) is 0 Å². The molecule has 0 saturated heterocycles. The van der Waals surface area contributed by atoms with Crippen LogP contribution in [0, 0.1) is 0 Å². The predicted molar refractivity (Wildman–Crippen MR) is 65.4 cm³/mol. The van der Waals surface area contributed by atoms with Gasteiger partial charge in [-0.25, -0.2) is 0 Å². The summed E-state index contributed by atoms with van der Waals surface area (Å²) in [5.74, 6) is 0. The second-order valence-corrected chi connectivity index (χ2v) is 3.38. The van der Waals surface area contributed by atoms with Crippen molar-refractivity contribution in [3.05, 3.63) is 0 Å². The SMILES string of the molecule is CCOCCOCCOCCOCCCOC. The van der Waals surface area contributed by atoms with E-state index in [1.54, 1.807) is 7.11 Å². The molecule has 0 radical (unpaired) electrons. The quantitative estimate of drug-likeness (QED) is 0.432. The van der Waals surface area contributed by atoms with Crippen molar-refractivity contribution in [3.63, 3.8) is 0 Å². The van der Waals surface area contributed by atoms with Crippen molar-refractivity contribution in [2.24, 2.45) is 0 Å². The average molecular weight is 250 g/mol. The molecule has 5 nitrogen and oxygen atoms in total. The van der Waals surface area contributed by atoms with Gasteiger partial charge in [0.05, 0.1) is 39.6 Å². The largest absolute Gasteiger partial charge is 0.385 e. The molecule has 17 heavy (non-hydrogen) atoms. The Morgan fingerprint density at radius 2 is 1.06 bits per heavy atom. The van der Waals surface area contributed by atoms with Gasteiger partial charge in [-0.15, -0.1) is 0 Å². The van der Waals surface area contributed by atoms with E-state index in [2.05, 4.69) is 0 Å². The van der Waals surface area contributed by atoms with Crippen LogP contribution in [-0.4, -0.2) is 66.6 Å². The van der Waals surface area contributed by atoms with Crippen molar-refractivity contribution in [3.8, 4) is 0 Å². The number of hydrogen-bond acceptors (Lipinski definition) is 5. The van der Waals surface area contributed by atoms with Gasteiger partial charge in [-0.3, -0.25) is 0 Å². The van der Waals surface area contributed by atoms with Crippen molar-refractivity contribution in [2.75, 3.05) is 66.6 Å². The molecule has 0 spiro atoms. The fraction of sp³-hybridized carbons (Fsp3) is 1.00. The highest BCUT2D eigenvalue weighted by molar-refractivity contribution is 4.36. The molecule has 0 aromatic heterocycles. The lowest BCUT2D eigenvalue weighted by Gasteiger charge is -2.06. The number of hydrogen-bond donors (Lipinski definition) is 0. The normalized spacial score (nSPS) is 10.9. The Morgan fingerprint density at radius 1 is 0.588 bits per heavy atom. The van der Waals surface area contributed by atoms with Gasteiger partial charge in [-0.1, -0.05) is 0 Å². The van der Waals surface area contributed by atoms with Crippen LogP contribution in [0.2, 0.25) is 0 Å². The van der Waals surface area contributed by atoms with Gasteiger partial charge in [-0.2, -0.15) is 0 Å². The van der Waals surface area contributed by atoms with E-state index in [1.807, 2.05) is 6.92 Å².